The van der Waals surface area contributed by atoms with Gasteiger partial charge >= 0.3 is 0 Å². The molecule has 3 aliphatic rings. The quantitative estimate of drug-likeness (QED) is 0.807. The van der Waals surface area contributed by atoms with Crippen LogP contribution in [0.25, 0.3) is 5.69 Å². The summed E-state index contributed by atoms with van der Waals surface area (Å²) in [7, 11) is 0. The number of rotatable bonds is 5. The summed E-state index contributed by atoms with van der Waals surface area (Å²) in [6.45, 7) is 5.93. The molecule has 0 radical (unpaired) electrons. The number of halogens is 1. The summed E-state index contributed by atoms with van der Waals surface area (Å²) in [5.41, 5.74) is 5.02. The monoisotopic (exact) mass is 368 g/mol. The molecule has 4 nitrogen and oxygen atoms in total. The molecule has 3 heterocycles. The minimum Gasteiger partial charge on any atom is -0.302 e. The van der Waals surface area contributed by atoms with Gasteiger partial charge in [-0.05, 0) is 94.4 Å². The molecular weight excluding hydrogens is 339 g/mol. The van der Waals surface area contributed by atoms with E-state index >= 15 is 0 Å². The molecule has 0 bridgehead atoms. The average Bonchev–Trinajstić information content (AvgIpc) is 3.44. The lowest BCUT2D eigenvalue weighted by atomic mass is 10.1. The Morgan fingerprint density at radius 2 is 1.78 bits per heavy atom. The molecule has 1 atom stereocenters. The van der Waals surface area contributed by atoms with Gasteiger partial charge in [-0.2, -0.15) is 5.10 Å². The van der Waals surface area contributed by atoms with Crippen LogP contribution in [-0.2, 0) is 19.4 Å². The van der Waals surface area contributed by atoms with Crippen molar-refractivity contribution in [2.75, 3.05) is 26.2 Å². The van der Waals surface area contributed by atoms with Crippen molar-refractivity contribution in [2.45, 2.75) is 57.5 Å². The molecule has 0 N–H and O–H groups in total. The highest BCUT2D eigenvalue weighted by atomic mass is 19.1. The molecule has 0 spiro atoms. The van der Waals surface area contributed by atoms with Crippen LogP contribution >= 0.6 is 0 Å². The number of hydrogen-bond donors (Lipinski definition) is 0. The lowest BCUT2D eigenvalue weighted by Crippen LogP contribution is -2.39. The van der Waals surface area contributed by atoms with Crippen molar-refractivity contribution in [3.8, 4) is 5.69 Å². The zero-order valence-electron chi connectivity index (χ0n) is 16.0. The molecule has 1 aromatic carbocycles. The first-order chi connectivity index (χ1) is 13.3. The molecule has 2 fully saturated rings. The first kappa shape index (κ1) is 17.4. The Hall–Kier alpha value is -1.72. The number of nitrogens with zero attached hydrogens (tertiary/aromatic N) is 4. The fourth-order valence-corrected chi connectivity index (χ4v) is 5.20. The van der Waals surface area contributed by atoms with Gasteiger partial charge in [0.15, 0.2) is 0 Å². The van der Waals surface area contributed by atoms with Crippen LogP contribution < -0.4 is 0 Å². The summed E-state index contributed by atoms with van der Waals surface area (Å²) in [4.78, 5) is 5.30. The SMILES string of the molecule is Fc1ccc(-n2nc(CN3CCCC3CN3CCCC3)c3c2CCC3)cc1. The van der Waals surface area contributed by atoms with Crippen LogP contribution in [0.4, 0.5) is 4.39 Å². The maximum absolute atomic E-state index is 13.3. The van der Waals surface area contributed by atoms with Crippen LogP contribution in [-0.4, -0.2) is 51.8 Å². The third-order valence-electron chi connectivity index (χ3n) is 6.60. The summed E-state index contributed by atoms with van der Waals surface area (Å²) < 4.78 is 15.4. The number of aromatic nitrogens is 2. The standard InChI is InChI=1S/C22H29FN4/c23-17-8-10-18(11-9-17)27-22-7-3-6-20(22)21(24-27)16-26-14-4-5-19(26)15-25-12-1-2-13-25/h8-11,19H,1-7,12-16H2. The Bertz CT molecular complexity index is 791. The highest BCUT2D eigenvalue weighted by Crippen LogP contribution is 2.30. The second-order valence-corrected chi connectivity index (χ2v) is 8.39. The van der Waals surface area contributed by atoms with Crippen LogP contribution in [0, 0.1) is 5.82 Å². The van der Waals surface area contributed by atoms with Crippen LogP contribution in [0.5, 0.6) is 0 Å². The van der Waals surface area contributed by atoms with Gasteiger partial charge in [0.1, 0.15) is 5.82 Å². The molecule has 27 heavy (non-hydrogen) atoms. The van der Waals surface area contributed by atoms with Crippen LogP contribution in [0.2, 0.25) is 0 Å². The second kappa shape index (κ2) is 7.36. The van der Waals surface area contributed by atoms with Gasteiger partial charge in [0.05, 0.1) is 11.4 Å². The molecule has 1 unspecified atom stereocenters. The largest absolute Gasteiger partial charge is 0.302 e. The Morgan fingerprint density at radius 1 is 0.963 bits per heavy atom. The third-order valence-corrected chi connectivity index (χ3v) is 6.60. The Balaban J connectivity index is 1.37. The van der Waals surface area contributed by atoms with Crippen molar-refractivity contribution < 1.29 is 4.39 Å². The van der Waals surface area contributed by atoms with Gasteiger partial charge in [-0.15, -0.1) is 0 Å². The van der Waals surface area contributed by atoms with E-state index < -0.39 is 0 Å². The molecule has 2 aromatic rings. The minimum absolute atomic E-state index is 0.190. The van der Waals surface area contributed by atoms with Crippen molar-refractivity contribution in [3.05, 3.63) is 47.0 Å². The van der Waals surface area contributed by atoms with Gasteiger partial charge in [0.2, 0.25) is 0 Å². The number of fused-ring (bicyclic) bond motifs is 1. The zero-order chi connectivity index (χ0) is 18.2. The topological polar surface area (TPSA) is 24.3 Å². The predicted octanol–water partition coefficient (Wildman–Crippen LogP) is 3.56. The number of hydrogen-bond acceptors (Lipinski definition) is 3. The zero-order valence-corrected chi connectivity index (χ0v) is 16.0. The summed E-state index contributed by atoms with van der Waals surface area (Å²) in [6, 6.07) is 7.43. The highest BCUT2D eigenvalue weighted by molar-refractivity contribution is 5.40. The van der Waals surface area contributed by atoms with Gasteiger partial charge < -0.3 is 4.90 Å². The van der Waals surface area contributed by atoms with Crippen molar-refractivity contribution in [1.29, 1.82) is 0 Å². The van der Waals surface area contributed by atoms with Crippen molar-refractivity contribution in [1.82, 2.24) is 19.6 Å². The number of benzene rings is 1. The van der Waals surface area contributed by atoms with E-state index in [1.807, 2.05) is 12.1 Å². The number of likely N-dealkylation sites (tertiary alicyclic amines) is 2. The Labute approximate surface area is 161 Å². The van der Waals surface area contributed by atoms with Gasteiger partial charge in [-0.3, -0.25) is 4.90 Å². The second-order valence-electron chi connectivity index (χ2n) is 8.39. The van der Waals surface area contributed by atoms with E-state index in [0.717, 1.165) is 25.1 Å². The third kappa shape index (κ3) is 3.43. The normalized spacial score (nSPS) is 23.4. The molecular formula is C22H29FN4. The fraction of sp³-hybridized carbons (Fsp3) is 0.591. The van der Waals surface area contributed by atoms with E-state index in [4.69, 9.17) is 5.10 Å². The first-order valence-electron chi connectivity index (χ1n) is 10.6. The summed E-state index contributed by atoms with van der Waals surface area (Å²) in [6.07, 6.45) is 8.77. The summed E-state index contributed by atoms with van der Waals surface area (Å²) in [5, 5.41) is 5.00. The molecule has 0 saturated carbocycles. The molecule has 5 rings (SSSR count). The molecule has 1 aromatic heterocycles. The lowest BCUT2D eigenvalue weighted by molar-refractivity contribution is 0.183. The van der Waals surface area contributed by atoms with Gasteiger partial charge in [0.25, 0.3) is 0 Å². The lowest BCUT2D eigenvalue weighted by Gasteiger charge is -2.28. The van der Waals surface area contributed by atoms with Gasteiger partial charge in [-0.25, -0.2) is 9.07 Å². The maximum Gasteiger partial charge on any atom is 0.123 e. The van der Waals surface area contributed by atoms with Crippen molar-refractivity contribution in [2.24, 2.45) is 0 Å². The fourth-order valence-electron chi connectivity index (χ4n) is 5.20. The van der Waals surface area contributed by atoms with E-state index in [-0.39, 0.29) is 5.82 Å². The molecule has 2 aliphatic heterocycles. The highest BCUT2D eigenvalue weighted by Gasteiger charge is 2.30. The maximum atomic E-state index is 13.3. The molecule has 2 saturated heterocycles. The van der Waals surface area contributed by atoms with Crippen molar-refractivity contribution >= 4 is 0 Å². The minimum atomic E-state index is -0.190. The van der Waals surface area contributed by atoms with Crippen molar-refractivity contribution in [3.63, 3.8) is 0 Å². The summed E-state index contributed by atoms with van der Waals surface area (Å²) in [5.74, 6) is -0.190. The van der Waals surface area contributed by atoms with E-state index in [9.17, 15) is 4.39 Å². The smallest absolute Gasteiger partial charge is 0.123 e. The molecule has 5 heteroatoms. The van der Waals surface area contributed by atoms with Crippen LogP contribution in [0.1, 0.15) is 49.1 Å². The average molecular weight is 369 g/mol. The first-order valence-corrected chi connectivity index (χ1v) is 10.6. The van der Waals surface area contributed by atoms with E-state index in [2.05, 4.69) is 14.5 Å². The molecule has 1 aliphatic carbocycles. The summed E-state index contributed by atoms with van der Waals surface area (Å²) >= 11 is 0. The predicted molar refractivity (Wildman–Crippen MR) is 105 cm³/mol. The van der Waals surface area contributed by atoms with E-state index in [1.165, 1.54) is 87.4 Å². The molecule has 0 amide bonds. The van der Waals surface area contributed by atoms with E-state index in [1.54, 1.807) is 0 Å². The van der Waals surface area contributed by atoms with Gasteiger partial charge in [-0.1, -0.05) is 0 Å². The molecule has 144 valence electrons. The van der Waals surface area contributed by atoms with Crippen LogP contribution in [0.15, 0.2) is 24.3 Å². The Morgan fingerprint density at radius 3 is 2.59 bits per heavy atom. The Kier molecular flexibility index (Phi) is 4.74. The van der Waals surface area contributed by atoms with Gasteiger partial charge in [0, 0.05) is 24.8 Å². The van der Waals surface area contributed by atoms with Crippen LogP contribution in [0.3, 0.4) is 0 Å². The van der Waals surface area contributed by atoms with E-state index in [0.29, 0.717) is 6.04 Å².